The van der Waals surface area contributed by atoms with E-state index in [1.54, 1.807) is 7.11 Å². The van der Waals surface area contributed by atoms with Gasteiger partial charge in [-0.2, -0.15) is 0 Å². The molecule has 6 heteroatoms. The Morgan fingerprint density at radius 3 is 2.36 bits per heavy atom. The van der Waals surface area contributed by atoms with Crippen LogP contribution in [0.2, 0.25) is 0 Å². The zero-order valence-electron chi connectivity index (χ0n) is 16.3. The van der Waals surface area contributed by atoms with Gasteiger partial charge in [-0.1, -0.05) is 12.1 Å². The molecule has 2 aliphatic heterocycles. The van der Waals surface area contributed by atoms with Crippen molar-refractivity contribution in [2.24, 2.45) is 0 Å². The molecule has 0 unspecified atom stereocenters. The summed E-state index contributed by atoms with van der Waals surface area (Å²) in [6.07, 6.45) is 0. The molecule has 0 radical (unpaired) electrons. The Morgan fingerprint density at radius 2 is 1.64 bits per heavy atom. The lowest BCUT2D eigenvalue weighted by molar-refractivity contribution is 0.0391. The Hall–Kier alpha value is -2.57. The second-order valence-electron chi connectivity index (χ2n) is 7.12. The number of ether oxygens (including phenoxy) is 2. The first-order valence-corrected chi connectivity index (χ1v) is 9.86. The van der Waals surface area contributed by atoms with Crippen molar-refractivity contribution in [1.82, 2.24) is 4.90 Å². The van der Waals surface area contributed by atoms with Crippen molar-refractivity contribution in [2.75, 3.05) is 69.4 Å². The zero-order valence-corrected chi connectivity index (χ0v) is 16.3. The van der Waals surface area contributed by atoms with E-state index in [-0.39, 0.29) is 5.91 Å². The molecule has 0 N–H and O–H groups in total. The van der Waals surface area contributed by atoms with Crippen LogP contribution in [0.5, 0.6) is 5.75 Å². The molecule has 0 aliphatic carbocycles. The van der Waals surface area contributed by atoms with E-state index in [1.165, 1.54) is 0 Å². The van der Waals surface area contributed by atoms with Gasteiger partial charge in [-0.05, 0) is 36.4 Å². The van der Waals surface area contributed by atoms with Gasteiger partial charge in [0, 0.05) is 44.8 Å². The van der Waals surface area contributed by atoms with Gasteiger partial charge in [0.25, 0.3) is 5.91 Å². The summed E-state index contributed by atoms with van der Waals surface area (Å²) in [5.74, 6) is 0.785. The van der Waals surface area contributed by atoms with Crippen LogP contribution in [-0.4, -0.2) is 70.4 Å². The minimum Gasteiger partial charge on any atom is -0.497 e. The second kappa shape index (κ2) is 8.63. The number of hydrogen-bond acceptors (Lipinski definition) is 5. The van der Waals surface area contributed by atoms with Crippen LogP contribution >= 0.6 is 0 Å². The number of fused-ring (bicyclic) bond motifs is 1. The normalized spacial score (nSPS) is 17.3. The van der Waals surface area contributed by atoms with Crippen LogP contribution < -0.4 is 14.5 Å². The standard InChI is InChI=1S/C22H27N3O3/c1-27-19-8-6-18(7-9-19)22(26)25-13-12-24(20-4-2-3-5-21(20)25)11-10-23-14-16-28-17-15-23/h2-9H,10-17H2,1H3. The maximum atomic E-state index is 13.1. The summed E-state index contributed by atoms with van der Waals surface area (Å²) in [6.45, 7) is 7.14. The van der Waals surface area contributed by atoms with Gasteiger partial charge in [0.2, 0.25) is 0 Å². The molecule has 0 spiro atoms. The molecule has 2 aliphatic rings. The first-order chi connectivity index (χ1) is 13.8. The van der Waals surface area contributed by atoms with Crippen LogP contribution in [-0.2, 0) is 4.74 Å². The average Bonchev–Trinajstić information content (AvgIpc) is 2.77. The Morgan fingerprint density at radius 1 is 0.929 bits per heavy atom. The topological polar surface area (TPSA) is 45.2 Å². The third-order valence-electron chi connectivity index (χ3n) is 5.48. The molecule has 4 rings (SSSR count). The van der Waals surface area contributed by atoms with E-state index in [2.05, 4.69) is 15.9 Å². The molecule has 6 nitrogen and oxygen atoms in total. The van der Waals surface area contributed by atoms with Crippen LogP contribution in [0.1, 0.15) is 10.4 Å². The smallest absolute Gasteiger partial charge is 0.258 e. The monoisotopic (exact) mass is 381 g/mol. The summed E-state index contributed by atoms with van der Waals surface area (Å²) in [5.41, 5.74) is 2.79. The highest BCUT2D eigenvalue weighted by atomic mass is 16.5. The van der Waals surface area contributed by atoms with E-state index in [9.17, 15) is 4.79 Å². The third kappa shape index (κ3) is 3.98. The van der Waals surface area contributed by atoms with Crippen LogP contribution in [0.25, 0.3) is 0 Å². The molecular weight excluding hydrogens is 354 g/mol. The summed E-state index contributed by atoms with van der Waals surface area (Å²) in [6, 6.07) is 15.5. The number of benzene rings is 2. The lowest BCUT2D eigenvalue weighted by Crippen LogP contribution is -2.47. The first kappa shape index (κ1) is 18.8. The molecular formula is C22H27N3O3. The molecule has 0 aromatic heterocycles. The van der Waals surface area contributed by atoms with Gasteiger partial charge in [0.1, 0.15) is 5.75 Å². The van der Waals surface area contributed by atoms with E-state index in [0.29, 0.717) is 12.1 Å². The first-order valence-electron chi connectivity index (χ1n) is 9.86. The number of nitrogens with zero attached hydrogens (tertiary/aromatic N) is 3. The van der Waals surface area contributed by atoms with Gasteiger partial charge in [-0.25, -0.2) is 0 Å². The van der Waals surface area contributed by atoms with Crippen molar-refractivity contribution in [3.8, 4) is 5.75 Å². The number of carbonyl (C=O) groups excluding carboxylic acids is 1. The zero-order chi connectivity index (χ0) is 19.3. The van der Waals surface area contributed by atoms with Gasteiger partial charge in [-0.15, -0.1) is 0 Å². The van der Waals surface area contributed by atoms with Gasteiger partial charge < -0.3 is 19.3 Å². The summed E-state index contributed by atoms with van der Waals surface area (Å²) in [4.78, 5) is 19.8. The van der Waals surface area contributed by atoms with E-state index in [0.717, 1.165) is 63.1 Å². The van der Waals surface area contributed by atoms with Gasteiger partial charge in [0.15, 0.2) is 0 Å². The van der Waals surface area contributed by atoms with Crippen LogP contribution in [0, 0.1) is 0 Å². The summed E-state index contributed by atoms with van der Waals surface area (Å²) < 4.78 is 10.6. The van der Waals surface area contributed by atoms with E-state index in [1.807, 2.05) is 47.4 Å². The second-order valence-corrected chi connectivity index (χ2v) is 7.12. The van der Waals surface area contributed by atoms with Gasteiger partial charge in [0.05, 0.1) is 31.7 Å². The number of rotatable bonds is 5. The molecule has 2 heterocycles. The van der Waals surface area contributed by atoms with Gasteiger partial charge >= 0.3 is 0 Å². The molecule has 0 bridgehead atoms. The SMILES string of the molecule is COc1ccc(C(=O)N2CCN(CCN3CCOCC3)c3ccccc32)cc1. The van der Waals surface area contributed by atoms with Crippen molar-refractivity contribution in [2.45, 2.75) is 0 Å². The predicted molar refractivity (Wildman–Crippen MR) is 111 cm³/mol. The molecule has 28 heavy (non-hydrogen) atoms. The number of amides is 1. The minimum atomic E-state index is 0.0305. The maximum Gasteiger partial charge on any atom is 0.258 e. The number of anilines is 2. The van der Waals surface area contributed by atoms with Crippen LogP contribution in [0.4, 0.5) is 11.4 Å². The fourth-order valence-electron chi connectivity index (χ4n) is 3.84. The Kier molecular flexibility index (Phi) is 5.78. The molecule has 0 atom stereocenters. The van der Waals surface area contributed by atoms with Crippen molar-refractivity contribution in [3.05, 3.63) is 54.1 Å². The minimum absolute atomic E-state index is 0.0305. The molecule has 2 aromatic rings. The fourth-order valence-corrected chi connectivity index (χ4v) is 3.84. The maximum absolute atomic E-state index is 13.1. The highest BCUT2D eigenvalue weighted by Crippen LogP contribution is 2.33. The quantitative estimate of drug-likeness (QED) is 0.796. The van der Waals surface area contributed by atoms with E-state index >= 15 is 0 Å². The predicted octanol–water partition coefficient (Wildman–Crippen LogP) is 2.49. The van der Waals surface area contributed by atoms with Crippen molar-refractivity contribution in [3.63, 3.8) is 0 Å². The van der Waals surface area contributed by atoms with Gasteiger partial charge in [-0.3, -0.25) is 9.69 Å². The van der Waals surface area contributed by atoms with Crippen LogP contribution in [0.3, 0.4) is 0 Å². The van der Waals surface area contributed by atoms with Crippen molar-refractivity contribution in [1.29, 1.82) is 0 Å². The summed E-state index contributed by atoms with van der Waals surface area (Å²) in [7, 11) is 1.63. The lowest BCUT2D eigenvalue weighted by atomic mass is 10.1. The number of carbonyl (C=O) groups is 1. The van der Waals surface area contributed by atoms with Crippen molar-refractivity contribution >= 4 is 17.3 Å². The highest BCUT2D eigenvalue weighted by molar-refractivity contribution is 6.08. The lowest BCUT2D eigenvalue weighted by Gasteiger charge is -2.39. The number of para-hydroxylation sites is 2. The largest absolute Gasteiger partial charge is 0.497 e. The Balaban J connectivity index is 1.49. The summed E-state index contributed by atoms with van der Waals surface area (Å²) >= 11 is 0. The molecule has 2 aromatic carbocycles. The highest BCUT2D eigenvalue weighted by Gasteiger charge is 2.27. The average molecular weight is 381 g/mol. The molecule has 1 fully saturated rings. The molecule has 1 amide bonds. The fraction of sp³-hybridized carbons (Fsp3) is 0.409. The molecule has 148 valence electrons. The number of methoxy groups -OCH3 is 1. The van der Waals surface area contributed by atoms with Crippen LogP contribution in [0.15, 0.2) is 48.5 Å². The number of morpholine rings is 1. The Labute approximate surface area is 166 Å². The van der Waals surface area contributed by atoms with E-state index in [4.69, 9.17) is 9.47 Å². The summed E-state index contributed by atoms with van der Waals surface area (Å²) in [5, 5.41) is 0. The van der Waals surface area contributed by atoms with E-state index < -0.39 is 0 Å². The molecule has 0 saturated carbocycles. The molecule has 1 saturated heterocycles. The third-order valence-corrected chi connectivity index (χ3v) is 5.48. The Bertz CT molecular complexity index is 803. The number of hydrogen-bond donors (Lipinski definition) is 0. The van der Waals surface area contributed by atoms with Crippen molar-refractivity contribution < 1.29 is 14.3 Å².